The summed E-state index contributed by atoms with van der Waals surface area (Å²) in [6, 6.07) is 0. The van der Waals surface area contributed by atoms with Crippen LogP contribution < -0.4 is 0 Å². The molecule has 5 unspecified atom stereocenters. The molecule has 0 aromatic rings. The summed E-state index contributed by atoms with van der Waals surface area (Å²) in [6.45, 7) is 8.45. The third-order valence-electron chi connectivity index (χ3n) is 4.96. The summed E-state index contributed by atoms with van der Waals surface area (Å²) in [6.07, 6.45) is 9.40. The summed E-state index contributed by atoms with van der Waals surface area (Å²) in [5.74, 6) is -0.379. The Balaban J connectivity index is 2.74. The number of carbonyl (C=O) groups is 1. The molecule has 122 valence electrons. The predicted octanol–water partition coefficient (Wildman–Crippen LogP) is 4.68. The number of carboxylic acids is 1. The Morgan fingerprint density at radius 1 is 1.38 bits per heavy atom. The number of rotatable bonds is 8. The van der Waals surface area contributed by atoms with Crippen LogP contribution in [-0.2, 0) is 9.32 Å². The van der Waals surface area contributed by atoms with E-state index in [4.69, 9.17) is 4.52 Å². The minimum atomic E-state index is -0.663. The number of allylic oxidation sites excluding steroid dienone is 2. The lowest BCUT2D eigenvalue weighted by atomic mass is 9.65. The Hall–Kier alpha value is -0.400. The van der Waals surface area contributed by atoms with E-state index in [1.807, 2.05) is 0 Å². The van der Waals surface area contributed by atoms with E-state index < -0.39 is 5.97 Å². The molecule has 1 aliphatic rings. The normalized spacial score (nSPS) is 26.6. The molecule has 0 amide bonds. The zero-order valence-electron chi connectivity index (χ0n) is 13.8. The van der Waals surface area contributed by atoms with Gasteiger partial charge >= 0.3 is 5.97 Å². The summed E-state index contributed by atoms with van der Waals surface area (Å²) in [5, 5.41) is 9.72. The van der Waals surface area contributed by atoms with Crippen LogP contribution >= 0.6 is 9.47 Å². The molecule has 0 aromatic heterocycles. The highest BCUT2D eigenvalue weighted by Crippen LogP contribution is 2.43. The largest absolute Gasteiger partial charge is 0.481 e. The first-order valence-electron chi connectivity index (χ1n) is 8.08. The zero-order valence-corrected chi connectivity index (χ0v) is 15.0. The van der Waals surface area contributed by atoms with E-state index in [-0.39, 0.29) is 23.4 Å². The van der Waals surface area contributed by atoms with Crippen molar-refractivity contribution in [3.8, 4) is 0 Å². The van der Waals surface area contributed by atoms with Crippen molar-refractivity contribution in [2.24, 2.45) is 23.2 Å². The van der Waals surface area contributed by atoms with Crippen molar-refractivity contribution >= 4 is 15.4 Å². The number of hydrogen-bond acceptors (Lipinski definition) is 2. The number of carboxylic acid groups (broad SMARTS) is 1. The van der Waals surface area contributed by atoms with E-state index in [2.05, 4.69) is 49.3 Å². The van der Waals surface area contributed by atoms with E-state index in [1.165, 1.54) is 0 Å². The van der Waals surface area contributed by atoms with Crippen LogP contribution in [0.3, 0.4) is 0 Å². The fourth-order valence-electron chi connectivity index (χ4n) is 3.62. The van der Waals surface area contributed by atoms with Gasteiger partial charge in [-0.05, 0) is 49.4 Å². The van der Waals surface area contributed by atoms with Crippen LogP contribution in [0.4, 0.5) is 0 Å². The van der Waals surface area contributed by atoms with Gasteiger partial charge in [0.05, 0.1) is 12.0 Å². The average Bonchev–Trinajstić information content (AvgIpc) is 2.39. The van der Waals surface area contributed by atoms with Crippen molar-refractivity contribution in [3.63, 3.8) is 0 Å². The van der Waals surface area contributed by atoms with Gasteiger partial charge in [-0.15, -0.1) is 0 Å². The van der Waals surface area contributed by atoms with Gasteiger partial charge in [-0.1, -0.05) is 39.8 Å². The first-order valence-corrected chi connectivity index (χ1v) is 8.55. The van der Waals surface area contributed by atoms with Crippen LogP contribution in [-0.4, -0.2) is 17.2 Å². The topological polar surface area (TPSA) is 46.5 Å². The van der Waals surface area contributed by atoms with Gasteiger partial charge in [-0.2, -0.15) is 0 Å². The standard InChI is InChI=1S/C17H31O3P/c1-12(2)14(20-21)9-8-13(3)15(16(18)19)17(4)10-6-5-7-11-17/h6,10,12-15H,5,7-9,11,21H2,1-4H3,(H,18,19). The Morgan fingerprint density at radius 2 is 2.05 bits per heavy atom. The van der Waals surface area contributed by atoms with E-state index in [9.17, 15) is 9.90 Å². The lowest BCUT2D eigenvalue weighted by Gasteiger charge is -2.38. The van der Waals surface area contributed by atoms with Crippen molar-refractivity contribution in [1.82, 2.24) is 0 Å². The first kappa shape index (κ1) is 18.6. The van der Waals surface area contributed by atoms with Crippen LogP contribution in [0, 0.1) is 23.2 Å². The highest BCUT2D eigenvalue weighted by Gasteiger charge is 2.41. The van der Waals surface area contributed by atoms with Crippen molar-refractivity contribution in [2.75, 3.05) is 0 Å². The molecule has 0 saturated heterocycles. The molecule has 0 fully saturated rings. The summed E-state index contributed by atoms with van der Waals surface area (Å²) < 4.78 is 5.43. The van der Waals surface area contributed by atoms with Crippen LogP contribution in [0.1, 0.15) is 59.8 Å². The van der Waals surface area contributed by atoms with E-state index in [0.29, 0.717) is 5.92 Å². The predicted molar refractivity (Wildman–Crippen MR) is 90.0 cm³/mol. The van der Waals surface area contributed by atoms with Crippen LogP contribution in [0.5, 0.6) is 0 Å². The van der Waals surface area contributed by atoms with Gasteiger partial charge in [0.15, 0.2) is 0 Å². The van der Waals surface area contributed by atoms with Gasteiger partial charge in [0.25, 0.3) is 0 Å². The monoisotopic (exact) mass is 314 g/mol. The summed E-state index contributed by atoms with van der Waals surface area (Å²) in [7, 11) is 2.34. The molecule has 0 heterocycles. The Kier molecular flexibility index (Phi) is 7.36. The maximum atomic E-state index is 11.8. The maximum absolute atomic E-state index is 11.8. The molecule has 0 bridgehead atoms. The van der Waals surface area contributed by atoms with Crippen molar-refractivity contribution < 1.29 is 14.4 Å². The van der Waals surface area contributed by atoms with Gasteiger partial charge in [-0.3, -0.25) is 4.79 Å². The van der Waals surface area contributed by atoms with Gasteiger partial charge in [0.2, 0.25) is 0 Å². The van der Waals surface area contributed by atoms with Gasteiger partial charge in [0, 0.05) is 9.47 Å². The number of aliphatic carboxylic acids is 1. The van der Waals surface area contributed by atoms with Crippen molar-refractivity contribution in [1.29, 1.82) is 0 Å². The molecule has 1 N–H and O–H groups in total. The average molecular weight is 314 g/mol. The molecule has 0 aliphatic heterocycles. The highest BCUT2D eigenvalue weighted by molar-refractivity contribution is 7.09. The zero-order chi connectivity index (χ0) is 16.0. The number of hydrogen-bond donors (Lipinski definition) is 1. The molecule has 0 saturated carbocycles. The minimum Gasteiger partial charge on any atom is -0.481 e. The second-order valence-corrected chi connectivity index (χ2v) is 7.36. The van der Waals surface area contributed by atoms with E-state index >= 15 is 0 Å². The van der Waals surface area contributed by atoms with E-state index in [0.717, 1.165) is 32.1 Å². The third-order valence-corrected chi connectivity index (χ3v) is 5.30. The smallest absolute Gasteiger partial charge is 0.307 e. The highest BCUT2D eigenvalue weighted by atomic mass is 31.0. The molecule has 5 atom stereocenters. The quantitative estimate of drug-likeness (QED) is 0.522. The Bertz CT molecular complexity index is 367. The minimum absolute atomic E-state index is 0.150. The first-order chi connectivity index (χ1) is 9.81. The summed E-state index contributed by atoms with van der Waals surface area (Å²) >= 11 is 0. The fraction of sp³-hybridized carbons (Fsp3) is 0.824. The molecule has 0 aromatic carbocycles. The van der Waals surface area contributed by atoms with Crippen molar-refractivity contribution in [2.45, 2.75) is 65.9 Å². The Labute approximate surface area is 131 Å². The third kappa shape index (κ3) is 5.07. The Morgan fingerprint density at radius 3 is 2.48 bits per heavy atom. The van der Waals surface area contributed by atoms with Gasteiger partial charge < -0.3 is 9.63 Å². The molecule has 4 heteroatoms. The molecule has 1 aliphatic carbocycles. The van der Waals surface area contributed by atoms with Gasteiger partial charge in [-0.25, -0.2) is 0 Å². The molecule has 1 rings (SSSR count). The lowest BCUT2D eigenvalue weighted by Crippen LogP contribution is -2.38. The van der Waals surface area contributed by atoms with Crippen LogP contribution in [0.15, 0.2) is 12.2 Å². The SMILES string of the molecule is CC(C)C(CCC(C)C(C(=O)O)C1(C)C=CCCC1)OP. The maximum Gasteiger partial charge on any atom is 0.307 e. The molecular formula is C17H31O3P. The molecule has 3 nitrogen and oxygen atoms in total. The summed E-state index contributed by atoms with van der Waals surface area (Å²) in [4.78, 5) is 11.8. The second kappa shape index (κ2) is 8.29. The van der Waals surface area contributed by atoms with Crippen molar-refractivity contribution in [3.05, 3.63) is 12.2 Å². The molecule has 0 radical (unpaired) electrons. The molecule has 21 heavy (non-hydrogen) atoms. The lowest BCUT2D eigenvalue weighted by molar-refractivity contribution is -0.148. The van der Waals surface area contributed by atoms with Crippen LogP contribution in [0.2, 0.25) is 0 Å². The second-order valence-electron chi connectivity index (χ2n) is 7.09. The van der Waals surface area contributed by atoms with Gasteiger partial charge in [0.1, 0.15) is 0 Å². The van der Waals surface area contributed by atoms with Crippen LogP contribution in [0.25, 0.3) is 0 Å². The van der Waals surface area contributed by atoms with E-state index in [1.54, 1.807) is 0 Å². The molecule has 0 spiro atoms. The molecular weight excluding hydrogens is 283 g/mol. The summed E-state index contributed by atoms with van der Waals surface area (Å²) in [5.41, 5.74) is -0.210. The fourth-order valence-corrected chi connectivity index (χ4v) is 4.07.